The SMILES string of the molecule is COc1ccc(-n2c(C)nnc2SCC(=O)N(Cc2ccc(C(C)C)cc2)C2CC2)cc1. The van der Waals surface area contributed by atoms with Crippen LogP contribution in [0.4, 0.5) is 0 Å². The minimum absolute atomic E-state index is 0.146. The smallest absolute Gasteiger partial charge is 0.233 e. The predicted octanol–water partition coefficient (Wildman–Crippen LogP) is 4.99. The number of amides is 1. The van der Waals surface area contributed by atoms with Crippen LogP contribution in [0.2, 0.25) is 0 Å². The standard InChI is InChI=1S/C25H30N4O2S/c1-17(2)20-7-5-19(6-8-20)15-28(21-9-10-21)24(30)16-32-25-27-26-18(3)29(25)22-11-13-23(31-4)14-12-22/h5-8,11-14,17,21H,9-10,15-16H2,1-4H3. The van der Waals surface area contributed by atoms with Crippen molar-refractivity contribution in [2.75, 3.05) is 12.9 Å². The summed E-state index contributed by atoms with van der Waals surface area (Å²) >= 11 is 1.44. The molecule has 0 bridgehead atoms. The molecule has 7 heteroatoms. The number of hydrogen-bond acceptors (Lipinski definition) is 5. The number of carbonyl (C=O) groups excluding carboxylic acids is 1. The van der Waals surface area contributed by atoms with Crippen molar-refractivity contribution in [1.82, 2.24) is 19.7 Å². The summed E-state index contributed by atoms with van der Waals surface area (Å²) < 4.78 is 7.23. The quantitative estimate of drug-likeness (QED) is 0.430. The first-order valence-electron chi connectivity index (χ1n) is 11.0. The Labute approximate surface area is 194 Å². The first-order valence-corrected chi connectivity index (χ1v) is 12.0. The Morgan fingerprint density at radius 1 is 1.12 bits per heavy atom. The molecule has 1 heterocycles. The van der Waals surface area contributed by atoms with Gasteiger partial charge in [-0.3, -0.25) is 9.36 Å². The van der Waals surface area contributed by atoms with Gasteiger partial charge in [0.25, 0.3) is 0 Å². The highest BCUT2D eigenvalue weighted by atomic mass is 32.2. The van der Waals surface area contributed by atoms with Gasteiger partial charge in [-0.2, -0.15) is 0 Å². The van der Waals surface area contributed by atoms with E-state index in [9.17, 15) is 4.79 Å². The lowest BCUT2D eigenvalue weighted by Gasteiger charge is -2.23. The molecular formula is C25H30N4O2S. The highest BCUT2D eigenvalue weighted by Gasteiger charge is 2.32. The van der Waals surface area contributed by atoms with Crippen LogP contribution < -0.4 is 4.74 Å². The molecule has 4 rings (SSSR count). The van der Waals surface area contributed by atoms with E-state index in [1.165, 1.54) is 22.9 Å². The number of aryl methyl sites for hydroxylation is 1. The third-order valence-electron chi connectivity index (χ3n) is 5.76. The zero-order valence-electron chi connectivity index (χ0n) is 19.1. The van der Waals surface area contributed by atoms with Crippen molar-refractivity contribution in [1.29, 1.82) is 0 Å². The fraction of sp³-hybridized carbons (Fsp3) is 0.400. The molecule has 0 atom stereocenters. The van der Waals surface area contributed by atoms with Crippen molar-refractivity contribution in [2.45, 2.75) is 57.3 Å². The molecule has 0 N–H and O–H groups in total. The van der Waals surface area contributed by atoms with Crippen molar-refractivity contribution in [2.24, 2.45) is 0 Å². The van der Waals surface area contributed by atoms with E-state index in [2.05, 4.69) is 48.3 Å². The minimum atomic E-state index is 0.146. The largest absolute Gasteiger partial charge is 0.497 e. The van der Waals surface area contributed by atoms with Gasteiger partial charge in [-0.05, 0) is 61.1 Å². The van der Waals surface area contributed by atoms with Crippen LogP contribution in [-0.2, 0) is 11.3 Å². The van der Waals surface area contributed by atoms with E-state index in [-0.39, 0.29) is 5.91 Å². The number of ether oxygens (including phenoxy) is 1. The third-order valence-corrected chi connectivity index (χ3v) is 6.67. The van der Waals surface area contributed by atoms with Gasteiger partial charge in [-0.25, -0.2) is 0 Å². The van der Waals surface area contributed by atoms with Gasteiger partial charge in [0.15, 0.2) is 5.16 Å². The Bertz CT molecular complexity index is 1060. The molecule has 0 radical (unpaired) electrons. The van der Waals surface area contributed by atoms with Crippen LogP contribution in [0, 0.1) is 6.92 Å². The summed E-state index contributed by atoms with van der Waals surface area (Å²) in [7, 11) is 1.65. The molecule has 0 aliphatic heterocycles. The normalized spacial score (nSPS) is 13.4. The minimum Gasteiger partial charge on any atom is -0.497 e. The predicted molar refractivity (Wildman–Crippen MR) is 127 cm³/mol. The molecule has 0 spiro atoms. The van der Waals surface area contributed by atoms with E-state index in [4.69, 9.17) is 4.74 Å². The Kier molecular flexibility index (Phi) is 6.84. The topological polar surface area (TPSA) is 60.2 Å². The molecule has 32 heavy (non-hydrogen) atoms. The summed E-state index contributed by atoms with van der Waals surface area (Å²) in [6.07, 6.45) is 2.17. The number of rotatable bonds is 9. The highest BCUT2D eigenvalue weighted by molar-refractivity contribution is 7.99. The summed E-state index contributed by atoms with van der Waals surface area (Å²) in [5.41, 5.74) is 3.45. The van der Waals surface area contributed by atoms with Gasteiger partial charge in [0, 0.05) is 18.3 Å². The van der Waals surface area contributed by atoms with Crippen LogP contribution in [0.3, 0.4) is 0 Å². The van der Waals surface area contributed by atoms with Crippen LogP contribution >= 0.6 is 11.8 Å². The van der Waals surface area contributed by atoms with E-state index in [0.29, 0.717) is 24.3 Å². The number of carbonyl (C=O) groups is 1. The molecule has 1 aliphatic carbocycles. The van der Waals surface area contributed by atoms with Crippen molar-refractivity contribution < 1.29 is 9.53 Å². The number of benzene rings is 2. The molecule has 2 aromatic carbocycles. The molecule has 1 aromatic heterocycles. The van der Waals surface area contributed by atoms with Crippen molar-refractivity contribution in [3.8, 4) is 11.4 Å². The zero-order valence-corrected chi connectivity index (χ0v) is 19.9. The Hall–Kier alpha value is -2.80. The monoisotopic (exact) mass is 450 g/mol. The summed E-state index contributed by atoms with van der Waals surface area (Å²) in [4.78, 5) is 15.2. The molecular weight excluding hydrogens is 420 g/mol. The lowest BCUT2D eigenvalue weighted by Crippen LogP contribution is -2.34. The first-order chi connectivity index (χ1) is 15.5. The number of nitrogens with zero attached hydrogens (tertiary/aromatic N) is 4. The van der Waals surface area contributed by atoms with Gasteiger partial charge in [0.2, 0.25) is 5.91 Å². The second-order valence-corrected chi connectivity index (χ2v) is 9.44. The summed E-state index contributed by atoms with van der Waals surface area (Å²) in [5.74, 6) is 2.58. The Balaban J connectivity index is 1.44. The Morgan fingerprint density at radius 3 is 2.41 bits per heavy atom. The molecule has 168 valence electrons. The first kappa shape index (κ1) is 22.4. The van der Waals surface area contributed by atoms with E-state index in [1.54, 1.807) is 7.11 Å². The fourth-order valence-corrected chi connectivity index (χ4v) is 4.57. The molecule has 3 aromatic rings. The number of hydrogen-bond donors (Lipinski definition) is 0. The number of methoxy groups -OCH3 is 1. The van der Waals surface area contributed by atoms with Crippen molar-refractivity contribution >= 4 is 17.7 Å². The third kappa shape index (κ3) is 5.15. The molecule has 0 unspecified atom stereocenters. The number of aromatic nitrogens is 3. The molecule has 1 aliphatic rings. The van der Waals surface area contributed by atoms with Gasteiger partial charge in [0.1, 0.15) is 11.6 Å². The van der Waals surface area contributed by atoms with Gasteiger partial charge >= 0.3 is 0 Å². The van der Waals surface area contributed by atoms with Gasteiger partial charge < -0.3 is 9.64 Å². The van der Waals surface area contributed by atoms with Crippen LogP contribution in [0.15, 0.2) is 53.7 Å². The lowest BCUT2D eigenvalue weighted by atomic mass is 10.0. The Morgan fingerprint density at radius 2 is 1.81 bits per heavy atom. The van der Waals surface area contributed by atoms with E-state index >= 15 is 0 Å². The van der Waals surface area contributed by atoms with Crippen molar-refractivity contribution in [3.05, 3.63) is 65.5 Å². The summed E-state index contributed by atoms with van der Waals surface area (Å²) in [6.45, 7) is 6.96. The molecule has 6 nitrogen and oxygen atoms in total. The lowest BCUT2D eigenvalue weighted by molar-refractivity contribution is -0.129. The molecule has 1 amide bonds. The highest BCUT2D eigenvalue weighted by Crippen LogP contribution is 2.30. The van der Waals surface area contributed by atoms with Gasteiger partial charge in [-0.1, -0.05) is 49.9 Å². The average Bonchev–Trinajstić information content (AvgIpc) is 3.58. The van der Waals surface area contributed by atoms with Crippen LogP contribution in [0.1, 0.15) is 49.6 Å². The zero-order chi connectivity index (χ0) is 22.7. The van der Waals surface area contributed by atoms with E-state index in [0.717, 1.165) is 35.3 Å². The van der Waals surface area contributed by atoms with Crippen LogP contribution in [0.5, 0.6) is 5.75 Å². The maximum atomic E-state index is 13.1. The van der Waals surface area contributed by atoms with E-state index < -0.39 is 0 Å². The van der Waals surface area contributed by atoms with Crippen LogP contribution in [0.25, 0.3) is 5.69 Å². The molecule has 1 fully saturated rings. The second kappa shape index (κ2) is 9.77. The van der Waals surface area contributed by atoms with E-state index in [1.807, 2.05) is 40.7 Å². The van der Waals surface area contributed by atoms with Gasteiger partial charge in [0.05, 0.1) is 12.9 Å². The molecule has 1 saturated carbocycles. The number of thioether (sulfide) groups is 1. The van der Waals surface area contributed by atoms with Crippen molar-refractivity contribution in [3.63, 3.8) is 0 Å². The maximum absolute atomic E-state index is 13.1. The summed E-state index contributed by atoms with van der Waals surface area (Å²) in [6, 6.07) is 16.8. The van der Waals surface area contributed by atoms with Gasteiger partial charge in [-0.15, -0.1) is 10.2 Å². The molecule has 0 saturated heterocycles. The maximum Gasteiger partial charge on any atom is 0.233 e. The van der Waals surface area contributed by atoms with Crippen LogP contribution in [-0.4, -0.2) is 44.5 Å². The average molecular weight is 451 g/mol. The second-order valence-electron chi connectivity index (χ2n) is 8.50. The fourth-order valence-electron chi connectivity index (χ4n) is 3.69. The summed E-state index contributed by atoms with van der Waals surface area (Å²) in [5, 5.41) is 9.26.